The molecule has 2 amide bonds. The molecule has 11 nitrogen and oxygen atoms in total. The fraction of sp³-hybridized carbons (Fsp3) is 0.476. The molecule has 0 radical (unpaired) electrons. The van der Waals surface area contributed by atoms with Gasteiger partial charge in [-0.1, -0.05) is 69.7 Å². The third-order valence-electron chi connectivity index (χ3n) is 10.6. The summed E-state index contributed by atoms with van der Waals surface area (Å²) in [6, 6.07) is 14.9. The predicted molar refractivity (Wildman–Crippen MR) is 211 cm³/mol. The van der Waals surface area contributed by atoms with Gasteiger partial charge in [-0.25, -0.2) is 4.79 Å². The lowest BCUT2D eigenvalue weighted by molar-refractivity contribution is -0.438. The van der Waals surface area contributed by atoms with Gasteiger partial charge in [0.05, 0.1) is 11.2 Å². The third kappa shape index (κ3) is 9.27. The Morgan fingerprint density at radius 1 is 0.963 bits per heavy atom. The summed E-state index contributed by atoms with van der Waals surface area (Å²) in [5, 5.41) is 0.599. The number of imide groups is 1. The second-order valence-corrected chi connectivity index (χ2v) is 17.1. The Bertz CT molecular complexity index is 1980. The lowest BCUT2D eigenvalue weighted by atomic mass is 9.80. The molecular formula is C42H55N4O7S+. The van der Waals surface area contributed by atoms with E-state index in [2.05, 4.69) is 97.6 Å². The van der Waals surface area contributed by atoms with Crippen LogP contribution in [0.15, 0.2) is 78.5 Å². The van der Waals surface area contributed by atoms with Crippen LogP contribution in [0.4, 0.5) is 11.4 Å². The number of para-hydroxylation sites is 1. The molecule has 3 aliphatic rings. The van der Waals surface area contributed by atoms with Crippen molar-refractivity contribution in [2.24, 2.45) is 0 Å². The molecule has 0 atom stereocenters. The summed E-state index contributed by atoms with van der Waals surface area (Å²) in [5.74, 6) is -1.81. The van der Waals surface area contributed by atoms with Crippen LogP contribution < -0.4 is 4.90 Å². The van der Waals surface area contributed by atoms with Crippen LogP contribution in [-0.2, 0) is 46.7 Å². The smallest absolute Gasteiger partial charge is 0.333 e. The molecule has 1 saturated heterocycles. The van der Waals surface area contributed by atoms with Crippen LogP contribution in [0, 0.1) is 0 Å². The Hall–Kier alpha value is -4.39. The number of unbranched alkanes of at least 4 members (excludes halogenated alkanes) is 1. The van der Waals surface area contributed by atoms with E-state index >= 15 is 0 Å². The number of fused-ring (bicyclic) bond motifs is 2. The Morgan fingerprint density at radius 3 is 2.39 bits per heavy atom. The van der Waals surface area contributed by atoms with Crippen molar-refractivity contribution in [2.75, 3.05) is 37.3 Å². The largest absolute Gasteiger partial charge is 0.344 e. The van der Waals surface area contributed by atoms with Crippen molar-refractivity contribution in [2.45, 2.75) is 96.9 Å². The first kappa shape index (κ1) is 40.8. The Morgan fingerprint density at radius 2 is 1.69 bits per heavy atom. The van der Waals surface area contributed by atoms with E-state index in [0.717, 1.165) is 30.8 Å². The molecule has 1 fully saturated rings. The molecule has 3 aliphatic heterocycles. The van der Waals surface area contributed by atoms with Crippen molar-refractivity contribution in [3.8, 4) is 0 Å². The highest BCUT2D eigenvalue weighted by Crippen LogP contribution is 2.47. The van der Waals surface area contributed by atoms with E-state index < -0.39 is 27.9 Å². The summed E-state index contributed by atoms with van der Waals surface area (Å²) in [6.45, 7) is 13.8. The Labute approximate surface area is 320 Å². The van der Waals surface area contributed by atoms with Crippen molar-refractivity contribution >= 4 is 45.0 Å². The van der Waals surface area contributed by atoms with E-state index in [1.165, 1.54) is 28.1 Å². The van der Waals surface area contributed by atoms with E-state index in [0.29, 0.717) is 37.5 Å². The normalized spacial score (nSPS) is 18.6. The maximum atomic E-state index is 12.2. The molecule has 3 heterocycles. The average molecular weight is 760 g/mol. The summed E-state index contributed by atoms with van der Waals surface area (Å²) in [7, 11) is -2.03. The minimum Gasteiger partial charge on any atom is -0.344 e. The fourth-order valence-corrected chi connectivity index (χ4v) is 8.21. The van der Waals surface area contributed by atoms with E-state index in [4.69, 9.17) is 4.84 Å². The van der Waals surface area contributed by atoms with Crippen LogP contribution in [0.1, 0.15) is 96.3 Å². The van der Waals surface area contributed by atoms with Crippen LogP contribution in [0.2, 0.25) is 0 Å². The fourth-order valence-electron chi connectivity index (χ4n) is 7.71. The second-order valence-electron chi connectivity index (χ2n) is 15.5. The molecule has 5 rings (SSSR count). The number of benzene rings is 2. The van der Waals surface area contributed by atoms with Crippen LogP contribution in [0.5, 0.6) is 0 Å². The van der Waals surface area contributed by atoms with Crippen LogP contribution in [-0.4, -0.2) is 83.4 Å². The molecule has 0 aromatic heterocycles. The quantitative estimate of drug-likeness (QED) is 0.0806. The lowest BCUT2D eigenvalue weighted by Gasteiger charge is -2.27. The van der Waals surface area contributed by atoms with E-state index in [1.807, 2.05) is 31.3 Å². The summed E-state index contributed by atoms with van der Waals surface area (Å²) in [5.41, 5.74) is 7.67. The summed E-state index contributed by atoms with van der Waals surface area (Å²) in [6.07, 6.45) is 13.7. The molecule has 0 spiro atoms. The number of hydrogen-bond donors (Lipinski definition) is 1. The highest BCUT2D eigenvalue weighted by Gasteiger charge is 2.44. The van der Waals surface area contributed by atoms with Gasteiger partial charge in [0.15, 0.2) is 5.71 Å². The van der Waals surface area contributed by atoms with Crippen molar-refractivity contribution < 1.29 is 36.8 Å². The van der Waals surface area contributed by atoms with Crippen molar-refractivity contribution in [3.05, 3.63) is 95.2 Å². The first-order valence-electron chi connectivity index (χ1n) is 19.0. The molecule has 0 unspecified atom stereocenters. The molecule has 0 saturated carbocycles. The molecule has 290 valence electrons. The van der Waals surface area contributed by atoms with Gasteiger partial charge in [0.25, 0.3) is 21.9 Å². The first-order chi connectivity index (χ1) is 25.5. The molecule has 0 bridgehead atoms. The van der Waals surface area contributed by atoms with Gasteiger partial charge in [-0.3, -0.25) is 14.1 Å². The lowest BCUT2D eigenvalue weighted by Crippen LogP contribution is -2.32. The van der Waals surface area contributed by atoms with Crippen molar-refractivity contribution in [1.82, 2.24) is 9.96 Å². The zero-order valence-corrected chi connectivity index (χ0v) is 33.3. The third-order valence-corrected chi connectivity index (χ3v) is 11.4. The minimum atomic E-state index is -4.04. The number of carbonyl (C=O) groups is 3. The van der Waals surface area contributed by atoms with Crippen LogP contribution >= 0.6 is 0 Å². The molecule has 12 heteroatoms. The number of rotatable bonds is 17. The maximum Gasteiger partial charge on any atom is 0.333 e. The Balaban J connectivity index is 1.27. The van der Waals surface area contributed by atoms with Gasteiger partial charge in [0, 0.05) is 73.3 Å². The highest BCUT2D eigenvalue weighted by atomic mass is 32.2. The number of hydrogen-bond acceptors (Lipinski definition) is 8. The molecule has 2 aromatic carbocycles. The number of amides is 2. The molecule has 2 aromatic rings. The minimum absolute atomic E-state index is 0.0781. The summed E-state index contributed by atoms with van der Waals surface area (Å²) >= 11 is 0. The molecule has 54 heavy (non-hydrogen) atoms. The van der Waals surface area contributed by atoms with Crippen molar-refractivity contribution in [1.29, 1.82) is 0 Å². The highest BCUT2D eigenvalue weighted by molar-refractivity contribution is 7.85. The molecule has 1 N–H and O–H groups in total. The van der Waals surface area contributed by atoms with Gasteiger partial charge < -0.3 is 14.6 Å². The standard InChI is InChI=1S/C42H54N4O7S/c1-7-8-26-44-35-22-21-31(30-43(6)25-14-20-40(49)53-46-38(47)23-24-39(46)48)29-33(35)42(4,5)37(44)19-11-9-10-18-36-41(2,3)32-16-12-13-17-34(32)45(36)27-15-28-54(50,51)52/h9-13,16-19,21-22,29H,7-8,14-15,20,23-28,30H2,1-6H3/p+1. The zero-order chi connectivity index (χ0) is 39.3. The molecule has 0 aliphatic carbocycles. The second kappa shape index (κ2) is 17.0. The van der Waals surface area contributed by atoms with Crippen molar-refractivity contribution in [3.63, 3.8) is 0 Å². The number of allylic oxidation sites excluding steroid dienone is 6. The SMILES string of the molecule is CCCC[N+]1=C(/C=C/C=C/C=C2/N(CCCS(=O)(=O)O)c3ccccc3C2(C)C)C(C)(C)c2cc(CN(C)CCCC(=O)ON3C(=O)CCC3=O)ccc21. The first-order valence-corrected chi connectivity index (χ1v) is 20.6. The summed E-state index contributed by atoms with van der Waals surface area (Å²) < 4.78 is 34.7. The maximum absolute atomic E-state index is 12.2. The van der Waals surface area contributed by atoms with Crippen LogP contribution in [0.3, 0.4) is 0 Å². The van der Waals surface area contributed by atoms with E-state index in [-0.39, 0.29) is 35.8 Å². The average Bonchev–Trinajstić information content (AvgIpc) is 3.61. The summed E-state index contributed by atoms with van der Waals surface area (Å²) in [4.78, 5) is 45.1. The van der Waals surface area contributed by atoms with Gasteiger partial charge in [0.1, 0.15) is 6.54 Å². The van der Waals surface area contributed by atoms with Gasteiger partial charge in [-0.2, -0.15) is 13.0 Å². The topological polar surface area (TPSA) is 128 Å². The van der Waals surface area contributed by atoms with E-state index in [9.17, 15) is 27.4 Å². The van der Waals surface area contributed by atoms with Crippen LogP contribution in [0.25, 0.3) is 0 Å². The predicted octanol–water partition coefficient (Wildman–Crippen LogP) is 6.75. The number of hydroxylamine groups is 2. The number of carbonyl (C=O) groups excluding carboxylic acids is 3. The molecular weight excluding hydrogens is 705 g/mol. The zero-order valence-electron chi connectivity index (χ0n) is 32.5. The van der Waals surface area contributed by atoms with E-state index in [1.54, 1.807) is 0 Å². The number of nitrogens with zero attached hydrogens (tertiary/aromatic N) is 4. The van der Waals surface area contributed by atoms with Gasteiger partial charge >= 0.3 is 5.97 Å². The van der Waals surface area contributed by atoms with Gasteiger partial charge in [-0.05, 0) is 69.6 Å². The number of anilines is 1. The Kier molecular flexibility index (Phi) is 12.8. The van der Waals surface area contributed by atoms with Gasteiger partial charge in [-0.15, -0.1) is 5.06 Å². The monoisotopic (exact) mass is 759 g/mol. The van der Waals surface area contributed by atoms with Gasteiger partial charge in [0.2, 0.25) is 5.69 Å².